The number of nitrogens with one attached hydrogen (secondary N) is 1. The van der Waals surface area contributed by atoms with Gasteiger partial charge in [0.05, 0.1) is 0 Å². The summed E-state index contributed by atoms with van der Waals surface area (Å²) in [5.41, 5.74) is 2.63. The van der Waals surface area contributed by atoms with Gasteiger partial charge in [-0.15, -0.1) is 0 Å². The Morgan fingerprint density at radius 1 is 1.11 bits per heavy atom. The minimum Gasteiger partial charge on any atom is -0.449 e. The number of fused-ring (bicyclic) bond motifs is 1. The third-order valence-corrected chi connectivity index (χ3v) is 6.72. The summed E-state index contributed by atoms with van der Waals surface area (Å²) in [7, 11) is 2.14. The van der Waals surface area contributed by atoms with Gasteiger partial charge in [-0.25, -0.2) is 0 Å². The number of hydrogen-bond acceptors (Lipinski definition) is 5. The molecule has 2 aromatic carbocycles. The quantitative estimate of drug-likeness (QED) is 0.441. The predicted octanol–water partition coefficient (Wildman–Crippen LogP) is 4.96. The average Bonchev–Trinajstić information content (AvgIpc) is 3.24. The van der Waals surface area contributed by atoms with Crippen LogP contribution in [0.3, 0.4) is 0 Å². The van der Waals surface area contributed by atoms with E-state index in [1.54, 1.807) is 12.1 Å². The van der Waals surface area contributed by atoms with E-state index in [9.17, 15) is 9.59 Å². The molecule has 1 aliphatic heterocycles. The van der Waals surface area contributed by atoms with Gasteiger partial charge < -0.3 is 24.3 Å². The molecule has 1 aliphatic rings. The Hall–Kier alpha value is -3.16. The number of hydrogen-bond donors (Lipinski definition) is 1. The first-order valence-corrected chi connectivity index (χ1v) is 12.4. The molecule has 1 saturated heterocycles. The van der Waals surface area contributed by atoms with E-state index in [-0.39, 0.29) is 17.6 Å². The van der Waals surface area contributed by atoms with Crippen LogP contribution in [-0.4, -0.2) is 67.6 Å². The molecule has 186 valence electrons. The minimum atomic E-state index is -0.266. The van der Waals surface area contributed by atoms with Crippen LogP contribution in [0.15, 0.2) is 52.9 Å². The Balaban J connectivity index is 1.46. The van der Waals surface area contributed by atoms with Crippen LogP contribution in [0, 0.1) is 6.92 Å². The number of amides is 2. The van der Waals surface area contributed by atoms with Gasteiger partial charge in [0.2, 0.25) is 5.76 Å². The van der Waals surface area contributed by atoms with Crippen LogP contribution in [-0.2, 0) is 4.74 Å². The highest BCUT2D eigenvalue weighted by Crippen LogP contribution is 2.33. The third kappa shape index (κ3) is 5.92. The van der Waals surface area contributed by atoms with Crippen molar-refractivity contribution in [2.24, 2.45) is 0 Å². The molecule has 7 nitrogen and oxygen atoms in total. The number of piperidine rings is 1. The van der Waals surface area contributed by atoms with E-state index in [0.717, 1.165) is 50.0 Å². The van der Waals surface area contributed by atoms with Gasteiger partial charge >= 0.3 is 0 Å². The summed E-state index contributed by atoms with van der Waals surface area (Å²) in [6.07, 6.45) is 2.82. The second-order valence-corrected chi connectivity index (χ2v) is 9.18. The van der Waals surface area contributed by atoms with Gasteiger partial charge in [0.1, 0.15) is 11.3 Å². The molecule has 1 aromatic heterocycles. The van der Waals surface area contributed by atoms with E-state index in [1.165, 1.54) is 0 Å². The predicted molar refractivity (Wildman–Crippen MR) is 138 cm³/mol. The van der Waals surface area contributed by atoms with Gasteiger partial charge in [-0.05, 0) is 64.4 Å². The van der Waals surface area contributed by atoms with Crippen molar-refractivity contribution in [2.45, 2.75) is 39.2 Å². The van der Waals surface area contributed by atoms with E-state index >= 15 is 0 Å². The molecular formula is C28H35N3O4. The van der Waals surface area contributed by atoms with Gasteiger partial charge in [0, 0.05) is 49.8 Å². The summed E-state index contributed by atoms with van der Waals surface area (Å²) in [6, 6.07) is 15.2. The van der Waals surface area contributed by atoms with E-state index in [4.69, 9.17) is 9.15 Å². The van der Waals surface area contributed by atoms with Crippen LogP contribution in [0.5, 0.6) is 0 Å². The number of rotatable bonds is 9. The Morgan fingerprint density at radius 3 is 2.54 bits per heavy atom. The van der Waals surface area contributed by atoms with Crippen LogP contribution in [0.25, 0.3) is 11.0 Å². The van der Waals surface area contributed by atoms with E-state index in [1.807, 2.05) is 55.1 Å². The van der Waals surface area contributed by atoms with E-state index < -0.39 is 0 Å². The lowest BCUT2D eigenvalue weighted by atomic mass is 10.0. The first kappa shape index (κ1) is 24.9. The maximum atomic E-state index is 13.5. The van der Waals surface area contributed by atoms with Gasteiger partial charge in [0.25, 0.3) is 11.8 Å². The first-order chi connectivity index (χ1) is 17.0. The number of carbonyl (C=O) groups is 2. The fourth-order valence-electron chi connectivity index (χ4n) is 4.61. The number of benzene rings is 2. The van der Waals surface area contributed by atoms with Gasteiger partial charge in [-0.2, -0.15) is 0 Å². The van der Waals surface area contributed by atoms with E-state index in [0.29, 0.717) is 36.0 Å². The maximum Gasteiger partial charge on any atom is 0.291 e. The summed E-state index contributed by atoms with van der Waals surface area (Å²) < 4.78 is 11.4. The molecule has 3 aromatic rings. The number of para-hydroxylation sites is 1. The monoisotopic (exact) mass is 477 g/mol. The fourth-order valence-corrected chi connectivity index (χ4v) is 4.61. The number of anilines is 1. The Labute approximate surface area is 207 Å². The number of furan rings is 1. The third-order valence-electron chi connectivity index (χ3n) is 6.72. The highest BCUT2D eigenvalue weighted by Gasteiger charge is 2.30. The van der Waals surface area contributed by atoms with Crippen molar-refractivity contribution >= 4 is 28.5 Å². The minimum absolute atomic E-state index is 0.183. The van der Waals surface area contributed by atoms with E-state index in [2.05, 4.69) is 17.3 Å². The maximum absolute atomic E-state index is 13.5. The number of carbonyl (C=O) groups excluding carboxylic acids is 2. The zero-order valence-corrected chi connectivity index (χ0v) is 20.9. The lowest BCUT2D eigenvalue weighted by molar-refractivity contribution is 0.0606. The summed E-state index contributed by atoms with van der Waals surface area (Å²) in [5.74, 6) is -0.258. The fraction of sp³-hybridized carbons (Fsp3) is 0.429. The standard InChI is InChI=1S/C28H35N3O4/c1-4-34-19-7-16-30(3)22-14-17-31(18-15-22)28(33)26-25(23-8-5-6-9-24(23)35-26)29-27(32)21-12-10-20(2)11-13-21/h5-6,8-13,22H,4,7,14-19H2,1-3H3,(H,29,32). The SMILES string of the molecule is CCOCCCN(C)C1CCN(C(=O)c2oc3ccccc3c2NC(=O)c2ccc(C)cc2)CC1. The Morgan fingerprint density at radius 2 is 1.83 bits per heavy atom. The normalized spacial score (nSPS) is 14.6. The van der Waals surface area contributed by atoms with Crippen LogP contribution in [0.1, 0.15) is 52.7 Å². The topological polar surface area (TPSA) is 75.0 Å². The molecule has 0 unspecified atom stereocenters. The van der Waals surface area contributed by atoms with Crippen molar-refractivity contribution in [1.82, 2.24) is 9.80 Å². The van der Waals surface area contributed by atoms with Crippen molar-refractivity contribution in [3.63, 3.8) is 0 Å². The van der Waals surface area contributed by atoms with Gasteiger partial charge in [0.15, 0.2) is 0 Å². The Bertz CT molecular complexity index is 1150. The zero-order valence-electron chi connectivity index (χ0n) is 20.9. The van der Waals surface area contributed by atoms with Crippen LogP contribution < -0.4 is 5.32 Å². The highest BCUT2D eigenvalue weighted by atomic mass is 16.5. The van der Waals surface area contributed by atoms with Crippen molar-refractivity contribution in [2.75, 3.05) is 45.2 Å². The summed E-state index contributed by atoms with van der Waals surface area (Å²) in [5, 5.41) is 3.67. The van der Waals surface area contributed by atoms with Crippen LogP contribution in [0.4, 0.5) is 5.69 Å². The molecule has 0 spiro atoms. The number of likely N-dealkylation sites (tertiary alicyclic amines) is 1. The Kier molecular flexibility index (Phi) is 8.21. The average molecular weight is 478 g/mol. The number of nitrogens with zero attached hydrogens (tertiary/aromatic N) is 2. The molecule has 0 radical (unpaired) electrons. The lowest BCUT2D eigenvalue weighted by Gasteiger charge is -2.36. The highest BCUT2D eigenvalue weighted by molar-refractivity contribution is 6.14. The lowest BCUT2D eigenvalue weighted by Crippen LogP contribution is -2.46. The second-order valence-electron chi connectivity index (χ2n) is 9.18. The van der Waals surface area contributed by atoms with Crippen molar-refractivity contribution < 1.29 is 18.7 Å². The summed E-state index contributed by atoms with van der Waals surface area (Å²) in [4.78, 5) is 30.7. The molecule has 4 rings (SSSR count). The van der Waals surface area contributed by atoms with Crippen molar-refractivity contribution in [3.8, 4) is 0 Å². The van der Waals surface area contributed by atoms with Crippen LogP contribution >= 0.6 is 0 Å². The van der Waals surface area contributed by atoms with Crippen molar-refractivity contribution in [1.29, 1.82) is 0 Å². The van der Waals surface area contributed by atoms with Gasteiger partial charge in [-0.3, -0.25) is 9.59 Å². The smallest absolute Gasteiger partial charge is 0.291 e. The molecule has 0 bridgehead atoms. The van der Waals surface area contributed by atoms with Crippen LogP contribution in [0.2, 0.25) is 0 Å². The molecule has 7 heteroatoms. The molecule has 2 amide bonds. The molecule has 0 aliphatic carbocycles. The zero-order chi connectivity index (χ0) is 24.8. The largest absolute Gasteiger partial charge is 0.449 e. The summed E-state index contributed by atoms with van der Waals surface area (Å²) >= 11 is 0. The molecule has 1 N–H and O–H groups in total. The molecule has 35 heavy (non-hydrogen) atoms. The van der Waals surface area contributed by atoms with Crippen molar-refractivity contribution in [3.05, 3.63) is 65.4 Å². The molecule has 0 saturated carbocycles. The number of ether oxygens (including phenoxy) is 1. The first-order valence-electron chi connectivity index (χ1n) is 12.4. The molecule has 2 heterocycles. The van der Waals surface area contributed by atoms with Gasteiger partial charge in [-0.1, -0.05) is 29.8 Å². The second kappa shape index (κ2) is 11.5. The molecule has 1 fully saturated rings. The molecule has 0 atom stereocenters. The number of aryl methyl sites for hydroxylation is 1. The molecular weight excluding hydrogens is 442 g/mol. The summed E-state index contributed by atoms with van der Waals surface area (Å²) in [6.45, 7) is 7.81.